The first kappa shape index (κ1) is 22.4. The number of rotatable bonds is 5. The molecule has 2 fully saturated rings. The number of hydrogen-bond acceptors (Lipinski definition) is 5. The average molecular weight is 479 g/mol. The zero-order chi connectivity index (χ0) is 23.0. The number of nitrogens with one attached hydrogen (secondary N) is 2. The van der Waals surface area contributed by atoms with E-state index < -0.39 is 11.7 Å². The summed E-state index contributed by atoms with van der Waals surface area (Å²) in [6.07, 6.45) is 4.75. The zero-order valence-electron chi connectivity index (χ0n) is 18.1. The average Bonchev–Trinajstić information content (AvgIpc) is 3.42. The molecule has 33 heavy (non-hydrogen) atoms. The fourth-order valence-corrected chi connectivity index (χ4v) is 5.17. The Morgan fingerprint density at radius 3 is 2.58 bits per heavy atom. The van der Waals surface area contributed by atoms with Crippen molar-refractivity contribution in [2.24, 2.45) is 5.92 Å². The molecule has 0 radical (unpaired) electrons. The molecule has 1 aliphatic carbocycles. The molecule has 176 valence electrons. The quantitative estimate of drug-likeness (QED) is 0.478. The van der Waals surface area contributed by atoms with Gasteiger partial charge in [0.05, 0.1) is 16.8 Å². The van der Waals surface area contributed by atoms with E-state index in [0.717, 1.165) is 49.9 Å². The van der Waals surface area contributed by atoms with Gasteiger partial charge in [-0.1, -0.05) is 37.3 Å². The molecule has 3 aromatic rings. The van der Waals surface area contributed by atoms with Gasteiger partial charge in [-0.3, -0.25) is 4.57 Å². The van der Waals surface area contributed by atoms with Crippen LogP contribution in [-0.2, 0) is 12.6 Å². The van der Waals surface area contributed by atoms with Crippen LogP contribution in [-0.4, -0.2) is 32.6 Å². The summed E-state index contributed by atoms with van der Waals surface area (Å²) in [5, 5.41) is 6.12. The number of hydrogen-bond donors (Lipinski definition) is 2. The van der Waals surface area contributed by atoms with E-state index in [9.17, 15) is 13.2 Å². The SMILES string of the molecule is FC(F)(F)c1cc(Nc2nc3cnc(CC4CCCC4)nc3n2C2CCNCC2)ccc1Cl. The van der Waals surface area contributed by atoms with Gasteiger partial charge in [-0.2, -0.15) is 13.2 Å². The molecule has 3 heterocycles. The standard InChI is InChI=1S/C23H26ClF3N6/c24-18-6-5-15(12-17(18)23(25,26)27)30-22-31-19-13-29-20(11-14-3-1-2-4-14)32-21(19)33(22)16-7-9-28-10-8-16/h5-6,12-14,16,28H,1-4,7-11H2,(H,30,31). The van der Waals surface area contributed by atoms with Crippen LogP contribution in [0.2, 0.25) is 5.02 Å². The van der Waals surface area contributed by atoms with E-state index in [4.69, 9.17) is 16.6 Å². The van der Waals surface area contributed by atoms with Gasteiger partial charge in [-0.05, 0) is 50.0 Å². The van der Waals surface area contributed by atoms with Crippen LogP contribution in [0.25, 0.3) is 11.2 Å². The molecule has 2 aliphatic rings. The highest BCUT2D eigenvalue weighted by Gasteiger charge is 2.33. The highest BCUT2D eigenvalue weighted by atomic mass is 35.5. The second-order valence-electron chi connectivity index (χ2n) is 8.95. The number of alkyl halides is 3. The van der Waals surface area contributed by atoms with E-state index >= 15 is 0 Å². The van der Waals surface area contributed by atoms with Crippen molar-refractivity contribution in [3.05, 3.63) is 40.8 Å². The first-order chi connectivity index (χ1) is 15.9. The Morgan fingerprint density at radius 2 is 1.85 bits per heavy atom. The highest BCUT2D eigenvalue weighted by Crippen LogP contribution is 2.37. The molecule has 1 aromatic carbocycles. The molecule has 0 atom stereocenters. The van der Waals surface area contributed by atoms with E-state index in [0.29, 0.717) is 17.4 Å². The molecule has 1 saturated carbocycles. The molecule has 1 aliphatic heterocycles. The third kappa shape index (κ3) is 4.80. The lowest BCUT2D eigenvalue weighted by Gasteiger charge is -2.26. The van der Waals surface area contributed by atoms with Crippen molar-refractivity contribution in [2.75, 3.05) is 18.4 Å². The van der Waals surface area contributed by atoms with Crippen LogP contribution in [0.4, 0.5) is 24.8 Å². The third-order valence-corrected chi connectivity index (χ3v) is 6.96. The van der Waals surface area contributed by atoms with Crippen molar-refractivity contribution in [3.8, 4) is 0 Å². The minimum absolute atomic E-state index is 0.141. The van der Waals surface area contributed by atoms with Crippen LogP contribution in [0.3, 0.4) is 0 Å². The number of aromatic nitrogens is 4. The summed E-state index contributed by atoms with van der Waals surface area (Å²) in [6, 6.07) is 3.94. The van der Waals surface area contributed by atoms with Crippen molar-refractivity contribution >= 4 is 34.4 Å². The fraction of sp³-hybridized carbons (Fsp3) is 0.522. The van der Waals surface area contributed by atoms with Crippen molar-refractivity contribution in [1.82, 2.24) is 24.8 Å². The van der Waals surface area contributed by atoms with Crippen LogP contribution in [0, 0.1) is 5.92 Å². The van der Waals surface area contributed by atoms with Crippen LogP contribution in [0.1, 0.15) is 56.0 Å². The maximum Gasteiger partial charge on any atom is 0.417 e. The van der Waals surface area contributed by atoms with Crippen molar-refractivity contribution in [3.63, 3.8) is 0 Å². The molecule has 10 heteroatoms. The summed E-state index contributed by atoms with van der Waals surface area (Å²) in [6.45, 7) is 1.73. The number of fused-ring (bicyclic) bond motifs is 1. The highest BCUT2D eigenvalue weighted by molar-refractivity contribution is 6.31. The van der Waals surface area contributed by atoms with Gasteiger partial charge in [0, 0.05) is 18.2 Å². The van der Waals surface area contributed by atoms with Gasteiger partial charge in [-0.25, -0.2) is 15.0 Å². The predicted molar refractivity (Wildman–Crippen MR) is 122 cm³/mol. The van der Waals surface area contributed by atoms with E-state index in [1.807, 2.05) is 4.57 Å². The Hall–Kier alpha value is -2.39. The van der Waals surface area contributed by atoms with Crippen LogP contribution < -0.4 is 10.6 Å². The number of piperidine rings is 1. The predicted octanol–water partition coefficient (Wildman–Crippen LogP) is 5.90. The summed E-state index contributed by atoms with van der Waals surface area (Å²) in [5.41, 5.74) is 0.766. The summed E-state index contributed by atoms with van der Waals surface area (Å²) in [5.74, 6) is 1.90. The summed E-state index contributed by atoms with van der Waals surface area (Å²) in [7, 11) is 0. The molecule has 5 rings (SSSR count). The maximum absolute atomic E-state index is 13.4. The van der Waals surface area contributed by atoms with Gasteiger partial charge < -0.3 is 10.6 Å². The fourth-order valence-electron chi connectivity index (χ4n) is 4.95. The first-order valence-corrected chi connectivity index (χ1v) is 11.8. The van der Waals surface area contributed by atoms with E-state index in [-0.39, 0.29) is 16.8 Å². The third-order valence-electron chi connectivity index (χ3n) is 6.63. The van der Waals surface area contributed by atoms with E-state index in [2.05, 4.69) is 20.6 Å². The molecule has 0 amide bonds. The summed E-state index contributed by atoms with van der Waals surface area (Å²) >= 11 is 5.79. The van der Waals surface area contributed by atoms with E-state index in [1.165, 1.54) is 37.8 Å². The molecule has 2 N–H and O–H groups in total. The topological polar surface area (TPSA) is 67.7 Å². The Labute approximate surface area is 195 Å². The number of benzene rings is 1. The molecule has 0 spiro atoms. The monoisotopic (exact) mass is 478 g/mol. The summed E-state index contributed by atoms with van der Waals surface area (Å²) in [4.78, 5) is 14.1. The van der Waals surface area contributed by atoms with Gasteiger partial charge in [0.1, 0.15) is 11.3 Å². The molecule has 6 nitrogen and oxygen atoms in total. The lowest BCUT2D eigenvalue weighted by Crippen LogP contribution is -2.30. The lowest BCUT2D eigenvalue weighted by atomic mass is 10.0. The van der Waals surface area contributed by atoms with Gasteiger partial charge in [0.2, 0.25) is 5.95 Å². The molecular formula is C23H26ClF3N6. The Balaban J connectivity index is 1.53. The largest absolute Gasteiger partial charge is 0.417 e. The first-order valence-electron chi connectivity index (χ1n) is 11.5. The minimum atomic E-state index is -4.54. The molecule has 1 saturated heterocycles. The van der Waals surface area contributed by atoms with Gasteiger partial charge >= 0.3 is 6.18 Å². The number of anilines is 2. The second-order valence-corrected chi connectivity index (χ2v) is 9.36. The second kappa shape index (κ2) is 9.10. The van der Waals surface area contributed by atoms with Crippen molar-refractivity contribution < 1.29 is 13.2 Å². The number of imidazole rings is 1. The maximum atomic E-state index is 13.4. The Bertz CT molecular complexity index is 1130. The molecular weight excluding hydrogens is 453 g/mol. The molecule has 0 bridgehead atoms. The van der Waals surface area contributed by atoms with Gasteiger partial charge in [-0.15, -0.1) is 0 Å². The normalized spacial score (nSPS) is 18.3. The Morgan fingerprint density at radius 1 is 1.09 bits per heavy atom. The zero-order valence-corrected chi connectivity index (χ0v) is 18.9. The van der Waals surface area contributed by atoms with Crippen molar-refractivity contribution in [1.29, 1.82) is 0 Å². The summed E-state index contributed by atoms with van der Waals surface area (Å²) < 4.78 is 42.1. The molecule has 0 unspecified atom stereocenters. The smallest absolute Gasteiger partial charge is 0.326 e. The van der Waals surface area contributed by atoms with Gasteiger partial charge in [0.25, 0.3) is 0 Å². The van der Waals surface area contributed by atoms with E-state index in [1.54, 1.807) is 6.20 Å². The van der Waals surface area contributed by atoms with Crippen LogP contribution in [0.15, 0.2) is 24.4 Å². The minimum Gasteiger partial charge on any atom is -0.326 e. The van der Waals surface area contributed by atoms with Crippen LogP contribution >= 0.6 is 11.6 Å². The van der Waals surface area contributed by atoms with Gasteiger partial charge in [0.15, 0.2) is 5.65 Å². The Kier molecular flexibility index (Phi) is 6.18. The molecule has 2 aromatic heterocycles. The number of nitrogens with zero attached hydrogens (tertiary/aromatic N) is 4. The van der Waals surface area contributed by atoms with Crippen molar-refractivity contribution in [2.45, 2.75) is 57.2 Å². The lowest BCUT2D eigenvalue weighted by molar-refractivity contribution is -0.137. The number of halogens is 4. The van der Waals surface area contributed by atoms with Crippen LogP contribution in [0.5, 0.6) is 0 Å².